The molecule has 2 aromatic rings. The van der Waals surface area contributed by atoms with Gasteiger partial charge in [0.05, 0.1) is 23.9 Å². The van der Waals surface area contributed by atoms with Gasteiger partial charge in [0, 0.05) is 18.7 Å². The molecule has 1 saturated heterocycles. The molecule has 1 aromatic heterocycles. The predicted molar refractivity (Wildman–Crippen MR) is 104 cm³/mol. The van der Waals surface area contributed by atoms with E-state index in [4.69, 9.17) is 4.74 Å². The van der Waals surface area contributed by atoms with Gasteiger partial charge in [0.15, 0.2) is 15.7 Å². The highest BCUT2D eigenvalue weighted by Gasteiger charge is 2.34. The first kappa shape index (κ1) is 19.7. The molecule has 0 unspecified atom stereocenters. The van der Waals surface area contributed by atoms with Crippen LogP contribution in [-0.4, -0.2) is 71.4 Å². The van der Waals surface area contributed by atoms with E-state index in [2.05, 4.69) is 15.2 Å². The Balaban J connectivity index is 1.63. The number of sulfone groups is 1. The maximum Gasteiger partial charge on any atom is 0.235 e. The molecular formula is C17H22N4O4S2. The Morgan fingerprint density at radius 3 is 2.67 bits per heavy atom. The van der Waals surface area contributed by atoms with Crippen LogP contribution in [0.4, 0.5) is 0 Å². The molecule has 0 bridgehead atoms. The number of carbonyl (C=O) groups is 1. The van der Waals surface area contributed by atoms with Gasteiger partial charge in [0.2, 0.25) is 11.1 Å². The van der Waals surface area contributed by atoms with Gasteiger partial charge in [-0.1, -0.05) is 11.8 Å². The lowest BCUT2D eigenvalue weighted by molar-refractivity contribution is -0.130. The summed E-state index contributed by atoms with van der Waals surface area (Å²) in [6.45, 7) is 1.77. The Hall–Kier alpha value is -2.07. The number of aromatic nitrogens is 3. The minimum absolute atomic E-state index is 0.0366. The monoisotopic (exact) mass is 410 g/mol. The van der Waals surface area contributed by atoms with Crippen LogP contribution in [0.5, 0.6) is 5.75 Å². The van der Waals surface area contributed by atoms with Gasteiger partial charge in [0.25, 0.3) is 0 Å². The summed E-state index contributed by atoms with van der Waals surface area (Å²) >= 11 is 1.24. The molecule has 3 rings (SSSR count). The molecule has 2 heterocycles. The van der Waals surface area contributed by atoms with Crippen molar-refractivity contribution < 1.29 is 17.9 Å². The number of nitrogens with zero attached hydrogens (tertiary/aromatic N) is 3. The van der Waals surface area contributed by atoms with Crippen LogP contribution >= 0.6 is 11.8 Å². The topological polar surface area (TPSA) is 105 Å². The van der Waals surface area contributed by atoms with Crippen LogP contribution in [0.25, 0.3) is 11.4 Å². The normalized spacial score (nSPS) is 19.6. The third kappa shape index (κ3) is 4.62. The Labute approximate surface area is 162 Å². The maximum absolute atomic E-state index is 12.6. The van der Waals surface area contributed by atoms with Gasteiger partial charge in [-0.05, 0) is 37.6 Å². The van der Waals surface area contributed by atoms with Crippen molar-refractivity contribution in [1.29, 1.82) is 0 Å². The fraction of sp³-hybridized carbons (Fsp3) is 0.471. The smallest absolute Gasteiger partial charge is 0.235 e. The zero-order valence-electron chi connectivity index (χ0n) is 15.4. The molecule has 146 valence electrons. The molecule has 0 spiro atoms. The predicted octanol–water partition coefficient (Wildman–Crippen LogP) is 1.61. The Morgan fingerprint density at radius 1 is 1.37 bits per heavy atom. The Morgan fingerprint density at radius 2 is 2.07 bits per heavy atom. The highest BCUT2D eigenvalue weighted by atomic mass is 32.2. The lowest BCUT2D eigenvalue weighted by atomic mass is 10.2. The van der Waals surface area contributed by atoms with Gasteiger partial charge in [-0.15, -0.1) is 5.10 Å². The number of ether oxygens (including phenoxy) is 1. The minimum atomic E-state index is -3.03. The van der Waals surface area contributed by atoms with Crippen molar-refractivity contribution in [2.24, 2.45) is 0 Å². The molecule has 1 aliphatic rings. The van der Waals surface area contributed by atoms with E-state index in [1.165, 1.54) is 11.8 Å². The number of rotatable bonds is 6. The van der Waals surface area contributed by atoms with E-state index in [0.29, 0.717) is 17.4 Å². The summed E-state index contributed by atoms with van der Waals surface area (Å²) in [5.74, 6) is 1.41. The third-order valence-corrected chi connectivity index (χ3v) is 7.26. The van der Waals surface area contributed by atoms with Gasteiger partial charge < -0.3 is 9.64 Å². The van der Waals surface area contributed by atoms with Gasteiger partial charge in [-0.3, -0.25) is 9.89 Å². The molecule has 0 radical (unpaired) electrons. The van der Waals surface area contributed by atoms with E-state index >= 15 is 0 Å². The van der Waals surface area contributed by atoms with Crippen molar-refractivity contribution in [2.75, 3.05) is 25.7 Å². The lowest BCUT2D eigenvalue weighted by Crippen LogP contribution is -2.41. The number of benzene rings is 1. The molecule has 1 aromatic carbocycles. The average molecular weight is 411 g/mol. The third-order valence-electron chi connectivity index (χ3n) is 4.56. The number of hydrogen-bond donors (Lipinski definition) is 1. The fourth-order valence-corrected chi connectivity index (χ4v) is 5.53. The van der Waals surface area contributed by atoms with Gasteiger partial charge in [-0.2, -0.15) is 0 Å². The zero-order chi connectivity index (χ0) is 19.6. The average Bonchev–Trinajstić information content (AvgIpc) is 3.26. The fourth-order valence-electron chi connectivity index (χ4n) is 2.93. The Kier molecular flexibility index (Phi) is 5.75. The van der Waals surface area contributed by atoms with Gasteiger partial charge >= 0.3 is 0 Å². The van der Waals surface area contributed by atoms with E-state index in [0.717, 1.165) is 11.3 Å². The summed E-state index contributed by atoms with van der Waals surface area (Å²) in [6, 6.07) is 7.16. The summed E-state index contributed by atoms with van der Waals surface area (Å²) in [5.41, 5.74) is 0.863. The number of H-pyrrole nitrogens is 1. The van der Waals surface area contributed by atoms with Gasteiger partial charge in [0.1, 0.15) is 5.75 Å². The number of aromatic amines is 1. The van der Waals surface area contributed by atoms with Crippen molar-refractivity contribution >= 4 is 27.5 Å². The Bertz CT molecular complexity index is 911. The molecule has 1 aliphatic heterocycles. The first-order valence-electron chi connectivity index (χ1n) is 8.49. The molecule has 0 saturated carbocycles. The minimum Gasteiger partial charge on any atom is -0.497 e. The van der Waals surface area contributed by atoms with Crippen LogP contribution in [0.1, 0.15) is 13.3 Å². The summed E-state index contributed by atoms with van der Waals surface area (Å²) in [7, 11) is 0.234. The van der Waals surface area contributed by atoms with Crippen LogP contribution in [0.3, 0.4) is 0 Å². The molecule has 2 atom stereocenters. The molecule has 0 aliphatic carbocycles. The van der Waals surface area contributed by atoms with E-state index < -0.39 is 15.1 Å². The number of hydrogen-bond acceptors (Lipinski definition) is 7. The largest absolute Gasteiger partial charge is 0.497 e. The van der Waals surface area contributed by atoms with Crippen molar-refractivity contribution in [3.05, 3.63) is 24.3 Å². The second kappa shape index (κ2) is 7.89. The highest BCUT2D eigenvalue weighted by molar-refractivity contribution is 8.00. The molecule has 1 fully saturated rings. The van der Waals surface area contributed by atoms with E-state index in [-0.39, 0.29) is 23.5 Å². The molecule has 10 heteroatoms. The number of carbonyl (C=O) groups excluding carboxylic acids is 1. The van der Waals surface area contributed by atoms with E-state index in [9.17, 15) is 13.2 Å². The number of thioether (sulfide) groups is 1. The lowest BCUT2D eigenvalue weighted by Gasteiger charge is -2.25. The first-order chi connectivity index (χ1) is 12.8. The number of nitrogens with one attached hydrogen (secondary N) is 1. The highest BCUT2D eigenvalue weighted by Crippen LogP contribution is 2.26. The second-order valence-corrected chi connectivity index (χ2v) is 10.00. The number of amides is 1. The van der Waals surface area contributed by atoms with Crippen LogP contribution in [0.15, 0.2) is 29.4 Å². The summed E-state index contributed by atoms with van der Waals surface area (Å²) < 4.78 is 28.4. The van der Waals surface area contributed by atoms with E-state index in [1.807, 2.05) is 24.3 Å². The van der Waals surface area contributed by atoms with Crippen molar-refractivity contribution in [2.45, 2.75) is 29.8 Å². The van der Waals surface area contributed by atoms with Gasteiger partial charge in [-0.25, -0.2) is 13.4 Å². The van der Waals surface area contributed by atoms with E-state index in [1.54, 1.807) is 26.0 Å². The molecule has 8 nitrogen and oxygen atoms in total. The summed E-state index contributed by atoms with van der Waals surface area (Å²) in [6.07, 6.45) is 0.490. The van der Waals surface area contributed by atoms with Crippen LogP contribution < -0.4 is 4.74 Å². The van der Waals surface area contributed by atoms with Crippen molar-refractivity contribution in [1.82, 2.24) is 20.1 Å². The second-order valence-electron chi connectivity index (χ2n) is 6.46. The SMILES string of the molecule is COc1ccc(-c2nc(S[C@H](C)C(=O)N(C)[C@@H]3CCS(=O)(=O)C3)n[nH]2)cc1. The molecule has 27 heavy (non-hydrogen) atoms. The maximum atomic E-state index is 12.6. The molecular weight excluding hydrogens is 388 g/mol. The van der Waals surface area contributed by atoms with Crippen molar-refractivity contribution in [3.8, 4) is 17.1 Å². The van der Waals surface area contributed by atoms with Crippen molar-refractivity contribution in [3.63, 3.8) is 0 Å². The first-order valence-corrected chi connectivity index (χ1v) is 11.2. The standard InChI is InChI=1S/C17H22N4O4S2/c1-11(16(22)21(2)13-8-9-27(23,24)10-13)26-17-18-15(19-20-17)12-4-6-14(25-3)7-5-12/h4-7,11,13H,8-10H2,1-3H3,(H,18,19,20)/t11-,13-/m1/s1. The molecule has 1 N–H and O–H groups in total. The van der Waals surface area contributed by atoms with Crippen LogP contribution in [0.2, 0.25) is 0 Å². The zero-order valence-corrected chi connectivity index (χ0v) is 17.0. The summed E-state index contributed by atoms with van der Waals surface area (Å²) in [4.78, 5) is 18.6. The molecule has 1 amide bonds. The van der Waals surface area contributed by atoms with Crippen LogP contribution in [0, 0.1) is 0 Å². The summed E-state index contributed by atoms with van der Waals surface area (Å²) in [5, 5.41) is 7.09. The quantitative estimate of drug-likeness (QED) is 0.721. The number of methoxy groups -OCH3 is 1. The van der Waals surface area contributed by atoms with Crippen LogP contribution in [-0.2, 0) is 14.6 Å².